The molecule has 0 fully saturated rings. The van der Waals surface area contributed by atoms with Crippen LogP contribution in [-0.4, -0.2) is 28.8 Å². The Morgan fingerprint density at radius 1 is 1.20 bits per heavy atom. The first kappa shape index (κ1) is 14.2. The number of carbonyl (C=O) groups excluding carboxylic acids is 1. The quantitative estimate of drug-likeness (QED) is 0.818. The molecule has 2 rings (SSSR count). The van der Waals surface area contributed by atoms with E-state index in [9.17, 15) is 9.90 Å². The molecular weight excluding hydrogens is 254 g/mol. The Hall–Kier alpha value is -2.20. The summed E-state index contributed by atoms with van der Waals surface area (Å²) < 4.78 is 5.30. The van der Waals surface area contributed by atoms with Crippen LogP contribution in [0.5, 0.6) is 0 Å². The molecule has 20 heavy (non-hydrogen) atoms. The highest BCUT2D eigenvalue weighted by Crippen LogP contribution is 2.09. The minimum atomic E-state index is -0.497. The van der Waals surface area contributed by atoms with Gasteiger partial charge in [-0.25, -0.2) is 4.79 Å². The lowest BCUT2D eigenvalue weighted by Gasteiger charge is -2.15. The molecule has 2 aromatic rings. The van der Waals surface area contributed by atoms with E-state index in [0.29, 0.717) is 18.4 Å². The Kier molecular flexibility index (Phi) is 5.26. The second-order valence-electron chi connectivity index (χ2n) is 4.48. The summed E-state index contributed by atoms with van der Waals surface area (Å²) in [6.45, 7) is -0.182. The Morgan fingerprint density at radius 2 is 2.00 bits per heavy atom. The van der Waals surface area contributed by atoms with Crippen molar-refractivity contribution in [1.82, 2.24) is 4.98 Å². The Bertz CT molecular complexity index is 528. The second kappa shape index (κ2) is 7.40. The molecule has 0 saturated carbocycles. The van der Waals surface area contributed by atoms with Gasteiger partial charge in [-0.3, -0.25) is 4.98 Å². The van der Waals surface area contributed by atoms with Crippen LogP contribution in [0.15, 0.2) is 54.9 Å². The van der Waals surface area contributed by atoms with Gasteiger partial charge in [0.1, 0.15) is 6.10 Å². The molecule has 4 heteroatoms. The largest absolute Gasteiger partial charge is 0.456 e. The number of aryl methyl sites for hydroxylation is 1. The summed E-state index contributed by atoms with van der Waals surface area (Å²) in [5, 5.41) is 9.31. The third kappa shape index (κ3) is 4.17. The Labute approximate surface area is 118 Å². The molecule has 0 unspecified atom stereocenters. The minimum absolute atomic E-state index is 0.182. The summed E-state index contributed by atoms with van der Waals surface area (Å²) in [5.74, 6) is -0.407. The molecule has 1 N–H and O–H groups in total. The van der Waals surface area contributed by atoms with Crippen LogP contribution in [0.1, 0.15) is 22.3 Å². The molecule has 0 radical (unpaired) electrons. The predicted molar refractivity (Wildman–Crippen MR) is 75.3 cm³/mol. The molecular formula is C16H17NO3. The molecule has 0 spiro atoms. The van der Waals surface area contributed by atoms with Crippen LogP contribution >= 0.6 is 0 Å². The van der Waals surface area contributed by atoms with Crippen molar-refractivity contribution in [1.29, 1.82) is 0 Å². The topological polar surface area (TPSA) is 59.4 Å². The molecule has 1 atom stereocenters. The van der Waals surface area contributed by atoms with Gasteiger partial charge >= 0.3 is 5.97 Å². The van der Waals surface area contributed by atoms with Crippen molar-refractivity contribution in [3.63, 3.8) is 0 Å². The van der Waals surface area contributed by atoms with Gasteiger partial charge in [-0.1, -0.05) is 24.3 Å². The van der Waals surface area contributed by atoms with E-state index < -0.39 is 12.1 Å². The molecule has 0 aliphatic heterocycles. The number of hydrogen-bond donors (Lipinski definition) is 1. The lowest BCUT2D eigenvalue weighted by atomic mass is 10.1. The third-order valence-corrected chi connectivity index (χ3v) is 2.96. The van der Waals surface area contributed by atoms with Gasteiger partial charge in [-0.15, -0.1) is 0 Å². The van der Waals surface area contributed by atoms with Crippen LogP contribution < -0.4 is 0 Å². The zero-order valence-corrected chi connectivity index (χ0v) is 11.1. The monoisotopic (exact) mass is 271 g/mol. The summed E-state index contributed by atoms with van der Waals surface area (Å²) in [5.41, 5.74) is 1.55. The number of rotatable bonds is 6. The average molecular weight is 271 g/mol. The fourth-order valence-electron chi connectivity index (χ4n) is 1.85. The van der Waals surface area contributed by atoms with Gasteiger partial charge < -0.3 is 9.84 Å². The van der Waals surface area contributed by atoms with E-state index in [1.54, 1.807) is 36.7 Å². The summed E-state index contributed by atoms with van der Waals surface area (Å²) in [6.07, 6.45) is 4.26. The first-order chi connectivity index (χ1) is 9.79. The average Bonchev–Trinajstić information content (AvgIpc) is 2.53. The first-order valence-corrected chi connectivity index (χ1v) is 6.55. The summed E-state index contributed by atoms with van der Waals surface area (Å²) in [6, 6.07) is 12.6. The predicted octanol–water partition coefficient (Wildman–Crippen LogP) is 2.23. The maximum Gasteiger partial charge on any atom is 0.338 e. The molecule has 104 valence electrons. The van der Waals surface area contributed by atoms with Crippen LogP contribution in [-0.2, 0) is 11.2 Å². The van der Waals surface area contributed by atoms with Crippen molar-refractivity contribution in [2.75, 3.05) is 6.61 Å². The second-order valence-corrected chi connectivity index (χ2v) is 4.48. The van der Waals surface area contributed by atoms with Gasteiger partial charge in [0.25, 0.3) is 0 Å². The number of hydrogen-bond acceptors (Lipinski definition) is 4. The minimum Gasteiger partial charge on any atom is -0.456 e. The van der Waals surface area contributed by atoms with Crippen molar-refractivity contribution in [3.8, 4) is 0 Å². The maximum atomic E-state index is 11.9. The molecule has 1 aromatic carbocycles. The number of esters is 1. The zero-order chi connectivity index (χ0) is 14.2. The normalized spacial score (nSPS) is 11.8. The van der Waals surface area contributed by atoms with Crippen LogP contribution in [0, 0.1) is 0 Å². The van der Waals surface area contributed by atoms with Crippen LogP contribution in [0.4, 0.5) is 0 Å². The van der Waals surface area contributed by atoms with Crippen molar-refractivity contribution >= 4 is 5.97 Å². The van der Waals surface area contributed by atoms with E-state index in [1.807, 2.05) is 18.2 Å². The van der Waals surface area contributed by atoms with E-state index in [2.05, 4.69) is 4.98 Å². The Morgan fingerprint density at radius 3 is 2.65 bits per heavy atom. The van der Waals surface area contributed by atoms with Crippen LogP contribution in [0.3, 0.4) is 0 Å². The summed E-state index contributed by atoms with van der Waals surface area (Å²) >= 11 is 0. The van der Waals surface area contributed by atoms with E-state index >= 15 is 0 Å². The van der Waals surface area contributed by atoms with Gasteiger partial charge in [-0.05, 0) is 36.6 Å². The molecule has 1 heterocycles. The molecule has 1 aromatic heterocycles. The highest BCUT2D eigenvalue weighted by molar-refractivity contribution is 5.89. The van der Waals surface area contributed by atoms with E-state index in [1.165, 1.54) is 0 Å². The standard InChI is InChI=1S/C16H17NO3/c18-12-15(9-8-13-5-4-10-17-11-13)20-16(19)14-6-2-1-3-7-14/h1-7,10-11,15,18H,8-9,12H2/t15-/m1/s1. The number of benzene rings is 1. The first-order valence-electron chi connectivity index (χ1n) is 6.55. The van der Waals surface area contributed by atoms with E-state index in [0.717, 1.165) is 5.56 Å². The molecule has 0 amide bonds. The number of pyridine rings is 1. The number of carbonyl (C=O) groups is 1. The SMILES string of the molecule is O=C(O[C@@H](CO)CCc1cccnc1)c1ccccc1. The van der Waals surface area contributed by atoms with Crippen molar-refractivity contribution in [2.45, 2.75) is 18.9 Å². The van der Waals surface area contributed by atoms with Crippen molar-refractivity contribution in [2.24, 2.45) is 0 Å². The third-order valence-electron chi connectivity index (χ3n) is 2.96. The number of aliphatic hydroxyl groups is 1. The highest BCUT2D eigenvalue weighted by Gasteiger charge is 2.15. The number of ether oxygens (including phenoxy) is 1. The summed E-state index contributed by atoms with van der Waals surface area (Å²) in [4.78, 5) is 15.9. The fraction of sp³-hybridized carbons (Fsp3) is 0.250. The lowest BCUT2D eigenvalue weighted by Crippen LogP contribution is -2.22. The van der Waals surface area contributed by atoms with Crippen molar-refractivity contribution < 1.29 is 14.6 Å². The van der Waals surface area contributed by atoms with Gasteiger partial charge in [0.15, 0.2) is 0 Å². The van der Waals surface area contributed by atoms with Gasteiger partial charge in [0, 0.05) is 12.4 Å². The van der Waals surface area contributed by atoms with Gasteiger partial charge in [0.05, 0.1) is 12.2 Å². The van der Waals surface area contributed by atoms with E-state index in [-0.39, 0.29) is 6.61 Å². The molecule has 0 bridgehead atoms. The smallest absolute Gasteiger partial charge is 0.338 e. The van der Waals surface area contributed by atoms with Crippen molar-refractivity contribution in [3.05, 3.63) is 66.0 Å². The molecule has 0 aliphatic carbocycles. The number of aromatic nitrogens is 1. The Balaban J connectivity index is 1.88. The van der Waals surface area contributed by atoms with Crippen LogP contribution in [0.25, 0.3) is 0 Å². The summed E-state index contributed by atoms with van der Waals surface area (Å²) in [7, 11) is 0. The van der Waals surface area contributed by atoms with Gasteiger partial charge in [-0.2, -0.15) is 0 Å². The maximum absolute atomic E-state index is 11.9. The van der Waals surface area contributed by atoms with Crippen LogP contribution in [0.2, 0.25) is 0 Å². The molecule has 0 saturated heterocycles. The number of aliphatic hydroxyl groups excluding tert-OH is 1. The molecule has 0 aliphatic rings. The molecule has 4 nitrogen and oxygen atoms in total. The number of nitrogens with zero attached hydrogens (tertiary/aromatic N) is 1. The zero-order valence-electron chi connectivity index (χ0n) is 11.1. The lowest BCUT2D eigenvalue weighted by molar-refractivity contribution is 0.0116. The highest BCUT2D eigenvalue weighted by atomic mass is 16.6. The fourth-order valence-corrected chi connectivity index (χ4v) is 1.85. The van der Waals surface area contributed by atoms with E-state index in [4.69, 9.17) is 4.74 Å². The van der Waals surface area contributed by atoms with Gasteiger partial charge in [0.2, 0.25) is 0 Å².